The number of rotatable bonds is 2. The fourth-order valence-electron chi connectivity index (χ4n) is 1.32. The Bertz CT molecular complexity index is 170. The third kappa shape index (κ3) is 2.10. The second-order valence-electron chi connectivity index (χ2n) is 3.68. The summed E-state index contributed by atoms with van der Waals surface area (Å²) >= 11 is 1.62. The Morgan fingerprint density at radius 3 is 2.33 bits per heavy atom. The zero-order valence-electron chi connectivity index (χ0n) is 7.73. The van der Waals surface area contributed by atoms with Crippen LogP contribution in [0.15, 0.2) is 0 Å². The lowest BCUT2D eigenvalue weighted by Gasteiger charge is -2.33. The van der Waals surface area contributed by atoms with Crippen LogP contribution in [0, 0.1) is 0 Å². The Morgan fingerprint density at radius 1 is 1.42 bits per heavy atom. The van der Waals surface area contributed by atoms with Gasteiger partial charge in [0.1, 0.15) is 0 Å². The Hall–Kier alpha value is 0.170. The van der Waals surface area contributed by atoms with Crippen LogP contribution in [-0.2, 0) is 0 Å². The molecule has 1 fully saturated rings. The Balaban J connectivity index is 2.58. The van der Waals surface area contributed by atoms with Crippen molar-refractivity contribution in [2.24, 2.45) is 0 Å². The summed E-state index contributed by atoms with van der Waals surface area (Å²) in [6.07, 6.45) is 1.97. The molecule has 72 valence electrons. The number of nitrogens with zero attached hydrogens (tertiary/aromatic N) is 1. The third-order valence-corrected chi connectivity index (χ3v) is 3.69. The monoisotopic (exact) mass is 195 g/mol. The number of hydrogen-bond donors (Lipinski definition) is 0. The number of halogens is 2. The quantitative estimate of drug-likeness (QED) is 0.665. The molecular weight excluding hydrogens is 180 g/mol. The number of thioether (sulfide) groups is 1. The van der Waals surface area contributed by atoms with E-state index in [2.05, 4.69) is 0 Å². The van der Waals surface area contributed by atoms with E-state index < -0.39 is 5.92 Å². The van der Waals surface area contributed by atoms with Crippen molar-refractivity contribution in [3.8, 4) is 0 Å². The largest absolute Gasteiger partial charge is 0.283 e. The highest BCUT2D eigenvalue weighted by molar-refractivity contribution is 7.99. The standard InChI is InChI=1S/C8H15F2NS/c1-7(2,12-3)11-5-4-8(9,10)6-11/h4-6H2,1-3H3. The van der Waals surface area contributed by atoms with Gasteiger partial charge in [-0.25, -0.2) is 8.78 Å². The summed E-state index contributed by atoms with van der Waals surface area (Å²) in [5.41, 5.74) is 0. The topological polar surface area (TPSA) is 3.24 Å². The number of alkyl halides is 2. The van der Waals surface area contributed by atoms with Gasteiger partial charge in [-0.05, 0) is 20.1 Å². The molecule has 12 heavy (non-hydrogen) atoms. The maximum Gasteiger partial charge on any atom is 0.261 e. The Kier molecular flexibility index (Phi) is 2.69. The predicted octanol–water partition coefficient (Wildman–Crippen LogP) is 2.43. The Morgan fingerprint density at radius 2 is 2.00 bits per heavy atom. The molecule has 1 saturated heterocycles. The summed E-state index contributed by atoms with van der Waals surface area (Å²) in [5.74, 6) is -2.47. The first-order chi connectivity index (χ1) is 5.37. The van der Waals surface area contributed by atoms with E-state index in [9.17, 15) is 8.78 Å². The van der Waals surface area contributed by atoms with Gasteiger partial charge in [0, 0.05) is 13.0 Å². The summed E-state index contributed by atoms with van der Waals surface area (Å²) in [6, 6.07) is 0. The van der Waals surface area contributed by atoms with E-state index in [0.717, 1.165) is 0 Å². The molecule has 0 N–H and O–H groups in total. The fourth-order valence-corrected chi connectivity index (χ4v) is 1.74. The van der Waals surface area contributed by atoms with Crippen molar-refractivity contribution in [3.63, 3.8) is 0 Å². The van der Waals surface area contributed by atoms with E-state index >= 15 is 0 Å². The van der Waals surface area contributed by atoms with Crippen molar-refractivity contribution in [2.45, 2.75) is 31.1 Å². The zero-order chi connectivity index (χ0) is 9.41. The molecule has 0 spiro atoms. The van der Waals surface area contributed by atoms with Crippen LogP contribution in [0.1, 0.15) is 20.3 Å². The average Bonchev–Trinajstić information content (AvgIpc) is 2.31. The molecule has 0 aromatic rings. The average molecular weight is 195 g/mol. The van der Waals surface area contributed by atoms with Gasteiger partial charge in [-0.3, -0.25) is 4.90 Å². The molecule has 0 radical (unpaired) electrons. The first-order valence-electron chi connectivity index (χ1n) is 4.05. The maximum atomic E-state index is 12.8. The smallest absolute Gasteiger partial charge is 0.261 e. The van der Waals surface area contributed by atoms with E-state index in [4.69, 9.17) is 0 Å². The van der Waals surface area contributed by atoms with Gasteiger partial charge in [-0.1, -0.05) is 0 Å². The van der Waals surface area contributed by atoms with Crippen LogP contribution >= 0.6 is 11.8 Å². The Labute approximate surface area is 76.5 Å². The van der Waals surface area contributed by atoms with Crippen LogP contribution < -0.4 is 0 Å². The SMILES string of the molecule is CSC(C)(C)N1CCC(F)(F)C1. The first kappa shape index (κ1) is 10.3. The van der Waals surface area contributed by atoms with Crippen molar-refractivity contribution in [1.82, 2.24) is 4.90 Å². The van der Waals surface area contributed by atoms with Crippen molar-refractivity contribution in [2.75, 3.05) is 19.3 Å². The molecule has 0 atom stereocenters. The van der Waals surface area contributed by atoms with Crippen molar-refractivity contribution >= 4 is 11.8 Å². The van der Waals surface area contributed by atoms with Gasteiger partial charge < -0.3 is 0 Å². The highest BCUT2D eigenvalue weighted by Crippen LogP contribution is 2.35. The fraction of sp³-hybridized carbons (Fsp3) is 1.00. The van der Waals surface area contributed by atoms with Gasteiger partial charge in [0.05, 0.1) is 11.4 Å². The van der Waals surface area contributed by atoms with Crippen LogP contribution in [0.25, 0.3) is 0 Å². The summed E-state index contributed by atoms with van der Waals surface area (Å²) in [7, 11) is 0. The predicted molar refractivity (Wildman–Crippen MR) is 48.7 cm³/mol. The van der Waals surface area contributed by atoms with Crippen LogP contribution in [0.5, 0.6) is 0 Å². The van der Waals surface area contributed by atoms with Gasteiger partial charge in [-0.2, -0.15) is 0 Å². The normalized spacial score (nSPS) is 24.8. The van der Waals surface area contributed by atoms with E-state index in [1.54, 1.807) is 11.8 Å². The van der Waals surface area contributed by atoms with Gasteiger partial charge in [0.2, 0.25) is 0 Å². The number of likely N-dealkylation sites (tertiary alicyclic amines) is 1. The minimum atomic E-state index is -2.47. The molecule has 1 nitrogen and oxygen atoms in total. The van der Waals surface area contributed by atoms with E-state index in [0.29, 0.717) is 6.54 Å². The molecule has 0 amide bonds. The highest BCUT2D eigenvalue weighted by Gasteiger charge is 2.43. The van der Waals surface area contributed by atoms with E-state index in [1.165, 1.54) is 0 Å². The minimum Gasteiger partial charge on any atom is -0.283 e. The molecule has 0 aliphatic carbocycles. The highest BCUT2D eigenvalue weighted by atomic mass is 32.2. The lowest BCUT2D eigenvalue weighted by Crippen LogP contribution is -2.40. The van der Waals surface area contributed by atoms with Crippen molar-refractivity contribution < 1.29 is 8.78 Å². The molecule has 0 bridgehead atoms. The number of hydrogen-bond acceptors (Lipinski definition) is 2. The second-order valence-corrected chi connectivity index (χ2v) is 5.09. The molecule has 0 unspecified atom stereocenters. The first-order valence-corrected chi connectivity index (χ1v) is 5.28. The lowest BCUT2D eigenvalue weighted by molar-refractivity contribution is 0.00735. The summed E-state index contributed by atoms with van der Waals surface area (Å²) in [6.45, 7) is 4.40. The summed E-state index contributed by atoms with van der Waals surface area (Å²) < 4.78 is 25.6. The molecule has 1 aliphatic rings. The van der Waals surface area contributed by atoms with E-state index in [-0.39, 0.29) is 17.8 Å². The summed E-state index contributed by atoms with van der Waals surface area (Å²) in [5, 5.41) is 0. The minimum absolute atomic E-state index is 0.0109. The zero-order valence-corrected chi connectivity index (χ0v) is 8.55. The van der Waals surface area contributed by atoms with Crippen molar-refractivity contribution in [1.29, 1.82) is 0 Å². The molecule has 0 aromatic heterocycles. The van der Waals surface area contributed by atoms with Crippen LogP contribution in [0.4, 0.5) is 8.78 Å². The van der Waals surface area contributed by atoms with Gasteiger partial charge in [-0.15, -0.1) is 11.8 Å². The molecular formula is C8H15F2NS. The molecule has 0 saturated carbocycles. The van der Waals surface area contributed by atoms with Crippen molar-refractivity contribution in [3.05, 3.63) is 0 Å². The molecule has 4 heteroatoms. The second kappa shape index (κ2) is 3.14. The molecule has 1 aliphatic heterocycles. The molecule has 1 rings (SSSR count). The third-order valence-electron chi connectivity index (χ3n) is 2.43. The van der Waals surface area contributed by atoms with Gasteiger partial charge in [0.15, 0.2) is 0 Å². The molecule has 0 aromatic carbocycles. The van der Waals surface area contributed by atoms with Crippen LogP contribution in [0.3, 0.4) is 0 Å². The summed E-state index contributed by atoms with van der Waals surface area (Å²) in [4.78, 5) is 1.69. The van der Waals surface area contributed by atoms with Crippen LogP contribution in [-0.4, -0.2) is 35.0 Å². The van der Waals surface area contributed by atoms with Crippen LogP contribution in [0.2, 0.25) is 0 Å². The van der Waals surface area contributed by atoms with Gasteiger partial charge in [0.25, 0.3) is 5.92 Å². The van der Waals surface area contributed by atoms with E-state index in [1.807, 2.05) is 25.0 Å². The van der Waals surface area contributed by atoms with Gasteiger partial charge >= 0.3 is 0 Å². The maximum absolute atomic E-state index is 12.8. The molecule has 1 heterocycles. The lowest BCUT2D eigenvalue weighted by atomic mass is 10.3.